The van der Waals surface area contributed by atoms with Crippen LogP contribution in [0, 0.1) is 0 Å². The molecule has 0 unspecified atom stereocenters. The van der Waals surface area contributed by atoms with Crippen LogP contribution in [0.15, 0.2) is 17.6 Å². The third kappa shape index (κ3) is 0.778. The third-order valence-electron chi connectivity index (χ3n) is 1.23. The molecule has 10 heavy (non-hydrogen) atoms. The van der Waals surface area contributed by atoms with Crippen LogP contribution in [-0.4, -0.2) is 5.17 Å². The Morgan fingerprint density at radius 2 is 2.50 bits per heavy atom. The lowest BCUT2D eigenvalue weighted by atomic mass is 10.4. The molecule has 0 saturated heterocycles. The Morgan fingerprint density at radius 3 is 3.40 bits per heavy atom. The van der Waals surface area contributed by atoms with E-state index in [-0.39, 0.29) is 0 Å². The van der Waals surface area contributed by atoms with Gasteiger partial charge in [-0.3, -0.25) is 0 Å². The van der Waals surface area contributed by atoms with Gasteiger partial charge in [-0.15, -0.1) is 16.5 Å². The number of hydroxylamine groups is 1. The second kappa shape index (κ2) is 2.00. The van der Waals surface area contributed by atoms with E-state index in [1.807, 2.05) is 17.5 Å². The maximum Gasteiger partial charge on any atom is 0.175 e. The fourth-order valence-corrected chi connectivity index (χ4v) is 1.49. The Kier molecular flexibility index (Phi) is 1.15. The molecule has 2 N–H and O–H groups in total. The molecule has 0 atom stereocenters. The van der Waals surface area contributed by atoms with Gasteiger partial charge in [0.25, 0.3) is 0 Å². The molecule has 0 spiro atoms. The zero-order chi connectivity index (χ0) is 6.97. The number of hydrogen-bond acceptors (Lipinski definition) is 4. The average Bonchev–Trinajstić information content (AvgIpc) is 2.33. The fraction of sp³-hybridized carbons (Fsp3) is 0. The van der Waals surface area contributed by atoms with E-state index >= 15 is 0 Å². The summed E-state index contributed by atoms with van der Waals surface area (Å²) in [5.41, 5.74) is 0. The number of rotatable bonds is 0. The predicted molar refractivity (Wildman–Crippen MR) is 40.0 cm³/mol. The Morgan fingerprint density at radius 1 is 1.60 bits per heavy atom. The quantitative estimate of drug-likeness (QED) is 0.571. The number of hydrogen-bond donors (Lipinski definition) is 1. The first-order valence-electron chi connectivity index (χ1n) is 2.84. The predicted octanol–water partition coefficient (Wildman–Crippen LogP) is 1.20. The SMILES string of the molecule is NN1C=Cc2sccc2O1. The minimum absolute atomic E-state index is 0.829. The maximum atomic E-state index is 5.34. The normalized spacial score (nSPS) is 14.7. The van der Waals surface area contributed by atoms with E-state index in [4.69, 9.17) is 10.7 Å². The summed E-state index contributed by atoms with van der Waals surface area (Å²) in [6.45, 7) is 0. The molecule has 1 aliphatic rings. The summed E-state index contributed by atoms with van der Waals surface area (Å²) in [6, 6.07) is 1.89. The van der Waals surface area contributed by atoms with E-state index in [0.717, 1.165) is 10.6 Å². The summed E-state index contributed by atoms with van der Waals surface area (Å²) in [5.74, 6) is 6.17. The van der Waals surface area contributed by atoms with Gasteiger partial charge in [-0.2, -0.15) is 0 Å². The van der Waals surface area contributed by atoms with Gasteiger partial charge < -0.3 is 4.84 Å². The van der Waals surface area contributed by atoms with Crippen LogP contribution in [0.4, 0.5) is 0 Å². The topological polar surface area (TPSA) is 38.5 Å². The molecule has 4 heteroatoms. The van der Waals surface area contributed by atoms with Crippen LogP contribution in [0.1, 0.15) is 4.88 Å². The van der Waals surface area contributed by atoms with Crippen LogP contribution in [0.2, 0.25) is 0 Å². The molecule has 0 amide bonds. The van der Waals surface area contributed by atoms with Gasteiger partial charge in [0, 0.05) is 0 Å². The lowest BCUT2D eigenvalue weighted by Crippen LogP contribution is -2.30. The van der Waals surface area contributed by atoms with Crippen LogP contribution in [-0.2, 0) is 0 Å². The largest absolute Gasteiger partial charge is 0.363 e. The zero-order valence-electron chi connectivity index (χ0n) is 5.15. The molecular weight excluding hydrogens is 148 g/mol. The van der Waals surface area contributed by atoms with E-state index in [2.05, 4.69) is 0 Å². The van der Waals surface area contributed by atoms with Gasteiger partial charge in [-0.05, 0) is 17.5 Å². The molecule has 3 nitrogen and oxygen atoms in total. The molecule has 0 saturated carbocycles. The Hall–Kier alpha value is -1.00. The van der Waals surface area contributed by atoms with E-state index in [1.54, 1.807) is 17.5 Å². The second-order valence-electron chi connectivity index (χ2n) is 1.92. The molecule has 1 aliphatic heterocycles. The average molecular weight is 154 g/mol. The van der Waals surface area contributed by atoms with Gasteiger partial charge in [0.15, 0.2) is 5.75 Å². The van der Waals surface area contributed by atoms with E-state index < -0.39 is 0 Å². The van der Waals surface area contributed by atoms with Crippen LogP contribution in [0.25, 0.3) is 6.08 Å². The molecule has 0 bridgehead atoms. The summed E-state index contributed by atoms with van der Waals surface area (Å²) in [7, 11) is 0. The van der Waals surface area contributed by atoms with E-state index in [0.29, 0.717) is 0 Å². The van der Waals surface area contributed by atoms with Crippen molar-refractivity contribution in [1.29, 1.82) is 0 Å². The molecule has 2 rings (SSSR count). The van der Waals surface area contributed by atoms with Gasteiger partial charge in [-0.1, -0.05) is 0 Å². The van der Waals surface area contributed by atoms with Crippen LogP contribution in [0.5, 0.6) is 5.75 Å². The van der Waals surface area contributed by atoms with E-state index in [9.17, 15) is 0 Å². The molecule has 0 radical (unpaired) electrons. The summed E-state index contributed by atoms with van der Waals surface area (Å²) >= 11 is 1.63. The lowest BCUT2D eigenvalue weighted by molar-refractivity contribution is -0.00999. The number of nitrogens with zero attached hydrogens (tertiary/aromatic N) is 1. The standard InChI is InChI=1S/C6H6N2OS/c7-8-3-1-6-5(9-8)2-4-10-6/h1-4H,7H2. The maximum absolute atomic E-state index is 5.34. The summed E-state index contributed by atoms with van der Waals surface area (Å²) in [6.07, 6.45) is 3.60. The Balaban J connectivity index is 2.43. The number of fused-ring (bicyclic) bond motifs is 1. The number of hydrazine groups is 1. The Bertz CT molecular complexity index is 268. The highest BCUT2D eigenvalue weighted by molar-refractivity contribution is 7.11. The first-order valence-corrected chi connectivity index (χ1v) is 3.72. The van der Waals surface area contributed by atoms with Crippen molar-refractivity contribution in [3.63, 3.8) is 0 Å². The first-order chi connectivity index (χ1) is 4.86. The molecule has 0 aliphatic carbocycles. The minimum atomic E-state index is 0.829. The molecule has 1 aromatic heterocycles. The molecule has 0 fully saturated rings. The molecule has 0 aromatic carbocycles. The van der Waals surface area contributed by atoms with Gasteiger partial charge in [0.1, 0.15) is 0 Å². The van der Waals surface area contributed by atoms with Gasteiger partial charge in [0.05, 0.1) is 11.1 Å². The monoisotopic (exact) mass is 154 g/mol. The van der Waals surface area contributed by atoms with Crippen LogP contribution in [0.3, 0.4) is 0 Å². The van der Waals surface area contributed by atoms with Gasteiger partial charge in [-0.25, -0.2) is 5.84 Å². The minimum Gasteiger partial charge on any atom is -0.363 e. The van der Waals surface area contributed by atoms with Crippen molar-refractivity contribution in [2.24, 2.45) is 5.84 Å². The molecular formula is C6H6N2OS. The molecule has 1 aromatic rings. The third-order valence-corrected chi connectivity index (χ3v) is 2.10. The summed E-state index contributed by atoms with van der Waals surface area (Å²) < 4.78 is 0. The fourth-order valence-electron chi connectivity index (χ4n) is 0.791. The lowest BCUT2D eigenvalue weighted by Gasteiger charge is -2.16. The van der Waals surface area contributed by atoms with Gasteiger partial charge >= 0.3 is 0 Å². The van der Waals surface area contributed by atoms with Crippen LogP contribution >= 0.6 is 11.3 Å². The van der Waals surface area contributed by atoms with Crippen molar-refractivity contribution in [3.8, 4) is 5.75 Å². The summed E-state index contributed by atoms with van der Waals surface area (Å²) in [5, 5.41) is 3.16. The molecule has 2 heterocycles. The van der Waals surface area contributed by atoms with Crippen molar-refractivity contribution < 1.29 is 4.84 Å². The zero-order valence-corrected chi connectivity index (χ0v) is 5.97. The van der Waals surface area contributed by atoms with Crippen molar-refractivity contribution in [2.45, 2.75) is 0 Å². The second-order valence-corrected chi connectivity index (χ2v) is 2.86. The van der Waals surface area contributed by atoms with E-state index in [1.165, 1.54) is 5.17 Å². The van der Waals surface area contributed by atoms with Crippen LogP contribution < -0.4 is 10.7 Å². The van der Waals surface area contributed by atoms with Crippen molar-refractivity contribution >= 4 is 17.4 Å². The highest BCUT2D eigenvalue weighted by atomic mass is 32.1. The summed E-state index contributed by atoms with van der Waals surface area (Å²) in [4.78, 5) is 6.22. The highest BCUT2D eigenvalue weighted by Crippen LogP contribution is 2.28. The number of nitrogens with two attached hydrogens (primary N) is 1. The van der Waals surface area contributed by atoms with Crippen molar-refractivity contribution in [1.82, 2.24) is 5.17 Å². The van der Waals surface area contributed by atoms with Gasteiger partial charge in [0.2, 0.25) is 0 Å². The smallest absolute Gasteiger partial charge is 0.175 e. The number of thiophene rings is 1. The van der Waals surface area contributed by atoms with Crippen molar-refractivity contribution in [3.05, 3.63) is 22.5 Å². The Labute approximate surface area is 62.2 Å². The highest BCUT2D eigenvalue weighted by Gasteiger charge is 2.08. The first kappa shape index (κ1) is 5.76. The molecule has 52 valence electrons. The van der Waals surface area contributed by atoms with Crippen molar-refractivity contribution in [2.75, 3.05) is 0 Å².